The molecule has 118 valence electrons. The van der Waals surface area contributed by atoms with Gasteiger partial charge in [-0.15, -0.1) is 0 Å². The Kier molecular flexibility index (Phi) is 6.35. The molecular formula is C18H36N2. The summed E-state index contributed by atoms with van der Waals surface area (Å²) in [6.45, 7) is 16.2. The average Bonchev–Trinajstić information content (AvgIpc) is 2.41. The highest BCUT2D eigenvalue weighted by Gasteiger charge is 2.25. The lowest BCUT2D eigenvalue weighted by Crippen LogP contribution is -2.43. The minimum absolute atomic E-state index is 0.739. The van der Waals surface area contributed by atoms with Crippen LogP contribution < -0.4 is 0 Å². The van der Waals surface area contributed by atoms with Crippen LogP contribution in [0.4, 0.5) is 0 Å². The Hall–Kier alpha value is -0.0800. The SMILES string of the molecule is CC(C)CC1CCN(CC2CCN(C(C)C)CC2)CC1. The van der Waals surface area contributed by atoms with E-state index >= 15 is 0 Å². The van der Waals surface area contributed by atoms with Crippen LogP contribution in [0.2, 0.25) is 0 Å². The van der Waals surface area contributed by atoms with Crippen molar-refractivity contribution >= 4 is 0 Å². The van der Waals surface area contributed by atoms with E-state index in [9.17, 15) is 0 Å². The second-order valence-corrected chi connectivity index (χ2v) is 7.95. The van der Waals surface area contributed by atoms with Gasteiger partial charge in [-0.1, -0.05) is 13.8 Å². The molecule has 2 rings (SSSR count). The molecule has 0 bridgehead atoms. The van der Waals surface area contributed by atoms with Gasteiger partial charge in [0.25, 0.3) is 0 Å². The van der Waals surface area contributed by atoms with Gasteiger partial charge in [0.15, 0.2) is 0 Å². The Morgan fingerprint density at radius 2 is 1.35 bits per heavy atom. The summed E-state index contributed by atoms with van der Waals surface area (Å²) in [5, 5.41) is 0. The fourth-order valence-electron chi connectivity index (χ4n) is 4.09. The molecule has 0 amide bonds. The summed E-state index contributed by atoms with van der Waals surface area (Å²) in [6.07, 6.45) is 7.18. The van der Waals surface area contributed by atoms with Crippen LogP contribution >= 0.6 is 0 Å². The molecule has 2 nitrogen and oxygen atoms in total. The number of likely N-dealkylation sites (tertiary alicyclic amines) is 2. The summed E-state index contributed by atoms with van der Waals surface area (Å²) < 4.78 is 0. The fraction of sp³-hybridized carbons (Fsp3) is 1.00. The van der Waals surface area contributed by atoms with Crippen molar-refractivity contribution in [2.75, 3.05) is 32.7 Å². The second kappa shape index (κ2) is 7.79. The molecule has 0 aromatic rings. The molecule has 2 fully saturated rings. The first kappa shape index (κ1) is 16.3. The lowest BCUT2D eigenvalue weighted by Gasteiger charge is -2.39. The number of rotatable bonds is 5. The lowest BCUT2D eigenvalue weighted by atomic mass is 9.87. The molecule has 0 radical (unpaired) electrons. The molecule has 0 aromatic carbocycles. The number of nitrogens with zero attached hydrogens (tertiary/aromatic N) is 2. The smallest absolute Gasteiger partial charge is 0.00385 e. The van der Waals surface area contributed by atoms with Crippen LogP contribution in [-0.2, 0) is 0 Å². The summed E-state index contributed by atoms with van der Waals surface area (Å²) in [5.74, 6) is 2.85. The predicted molar refractivity (Wildman–Crippen MR) is 88.1 cm³/mol. The van der Waals surface area contributed by atoms with Crippen LogP contribution in [0.1, 0.15) is 59.8 Å². The van der Waals surface area contributed by atoms with Crippen LogP contribution in [0.3, 0.4) is 0 Å². The first-order chi connectivity index (χ1) is 9.54. The highest BCUT2D eigenvalue weighted by Crippen LogP contribution is 2.26. The third-order valence-corrected chi connectivity index (χ3v) is 5.41. The number of hydrogen-bond donors (Lipinski definition) is 0. The van der Waals surface area contributed by atoms with Crippen molar-refractivity contribution in [3.8, 4) is 0 Å². The van der Waals surface area contributed by atoms with Crippen molar-refractivity contribution in [3.63, 3.8) is 0 Å². The standard InChI is InChI=1S/C18H36N2/c1-15(2)13-17-5-9-19(10-6-17)14-18-7-11-20(12-8-18)16(3)4/h15-18H,5-14H2,1-4H3. The zero-order chi connectivity index (χ0) is 14.5. The van der Waals surface area contributed by atoms with E-state index in [-0.39, 0.29) is 0 Å². The molecule has 0 aromatic heterocycles. The topological polar surface area (TPSA) is 6.48 Å². The van der Waals surface area contributed by atoms with Crippen molar-refractivity contribution in [2.45, 2.75) is 65.8 Å². The van der Waals surface area contributed by atoms with E-state index in [1.165, 1.54) is 64.8 Å². The Bertz CT molecular complexity index is 259. The zero-order valence-corrected chi connectivity index (χ0v) is 14.3. The highest BCUT2D eigenvalue weighted by atomic mass is 15.2. The van der Waals surface area contributed by atoms with Crippen LogP contribution in [-0.4, -0.2) is 48.6 Å². The van der Waals surface area contributed by atoms with Crippen molar-refractivity contribution in [3.05, 3.63) is 0 Å². The normalized spacial score (nSPS) is 24.9. The van der Waals surface area contributed by atoms with E-state index in [2.05, 4.69) is 37.5 Å². The second-order valence-electron chi connectivity index (χ2n) is 7.95. The molecule has 2 heteroatoms. The monoisotopic (exact) mass is 280 g/mol. The number of piperidine rings is 2. The summed E-state index contributed by atoms with van der Waals surface area (Å²) in [5.41, 5.74) is 0. The molecule has 2 aliphatic heterocycles. The summed E-state index contributed by atoms with van der Waals surface area (Å²) >= 11 is 0. The van der Waals surface area contributed by atoms with Gasteiger partial charge in [-0.3, -0.25) is 0 Å². The molecule has 2 aliphatic rings. The van der Waals surface area contributed by atoms with Crippen LogP contribution in [0.15, 0.2) is 0 Å². The highest BCUT2D eigenvalue weighted by molar-refractivity contribution is 4.79. The minimum atomic E-state index is 0.739. The van der Waals surface area contributed by atoms with Crippen molar-refractivity contribution in [1.29, 1.82) is 0 Å². The van der Waals surface area contributed by atoms with Gasteiger partial charge < -0.3 is 9.80 Å². The molecule has 0 saturated carbocycles. The summed E-state index contributed by atoms with van der Waals surface area (Å²) in [7, 11) is 0. The van der Waals surface area contributed by atoms with Gasteiger partial charge in [0.1, 0.15) is 0 Å². The van der Waals surface area contributed by atoms with E-state index in [1.54, 1.807) is 0 Å². The molecule has 2 heterocycles. The Morgan fingerprint density at radius 1 is 0.800 bits per heavy atom. The molecule has 0 unspecified atom stereocenters. The van der Waals surface area contributed by atoms with Gasteiger partial charge >= 0.3 is 0 Å². The molecule has 20 heavy (non-hydrogen) atoms. The third-order valence-electron chi connectivity index (χ3n) is 5.41. The Balaban J connectivity index is 1.64. The zero-order valence-electron chi connectivity index (χ0n) is 14.3. The van der Waals surface area contributed by atoms with Gasteiger partial charge in [-0.05, 0) is 89.9 Å². The maximum absolute atomic E-state index is 2.76. The van der Waals surface area contributed by atoms with E-state index in [1.807, 2.05) is 0 Å². The average molecular weight is 281 g/mol. The van der Waals surface area contributed by atoms with E-state index < -0.39 is 0 Å². The maximum atomic E-state index is 2.76. The van der Waals surface area contributed by atoms with Crippen LogP contribution in [0, 0.1) is 17.8 Å². The van der Waals surface area contributed by atoms with Crippen LogP contribution in [0.25, 0.3) is 0 Å². The Labute approximate surface area is 126 Å². The third kappa shape index (κ3) is 5.04. The minimum Gasteiger partial charge on any atom is -0.303 e. The largest absolute Gasteiger partial charge is 0.303 e. The van der Waals surface area contributed by atoms with Gasteiger partial charge in [-0.25, -0.2) is 0 Å². The molecule has 0 N–H and O–H groups in total. The lowest BCUT2D eigenvalue weighted by molar-refractivity contribution is 0.101. The predicted octanol–water partition coefficient (Wildman–Crippen LogP) is 3.86. The van der Waals surface area contributed by atoms with E-state index in [4.69, 9.17) is 0 Å². The van der Waals surface area contributed by atoms with E-state index in [0.717, 1.165) is 23.8 Å². The fourth-order valence-corrected chi connectivity index (χ4v) is 4.09. The molecule has 0 spiro atoms. The van der Waals surface area contributed by atoms with Crippen molar-refractivity contribution in [2.24, 2.45) is 17.8 Å². The van der Waals surface area contributed by atoms with Gasteiger partial charge in [0.2, 0.25) is 0 Å². The first-order valence-corrected chi connectivity index (χ1v) is 9.01. The maximum Gasteiger partial charge on any atom is 0.00385 e. The molecule has 0 aliphatic carbocycles. The van der Waals surface area contributed by atoms with Gasteiger partial charge in [0.05, 0.1) is 0 Å². The van der Waals surface area contributed by atoms with Crippen LogP contribution in [0.5, 0.6) is 0 Å². The van der Waals surface area contributed by atoms with Crippen molar-refractivity contribution < 1.29 is 0 Å². The van der Waals surface area contributed by atoms with Crippen molar-refractivity contribution in [1.82, 2.24) is 9.80 Å². The molecular weight excluding hydrogens is 244 g/mol. The summed E-state index contributed by atoms with van der Waals surface area (Å²) in [4.78, 5) is 5.40. The summed E-state index contributed by atoms with van der Waals surface area (Å²) in [6, 6.07) is 0.739. The van der Waals surface area contributed by atoms with E-state index in [0.29, 0.717) is 0 Å². The number of hydrogen-bond acceptors (Lipinski definition) is 2. The molecule has 2 saturated heterocycles. The first-order valence-electron chi connectivity index (χ1n) is 9.01. The Morgan fingerprint density at radius 3 is 1.85 bits per heavy atom. The quantitative estimate of drug-likeness (QED) is 0.754. The van der Waals surface area contributed by atoms with Gasteiger partial charge in [-0.2, -0.15) is 0 Å². The molecule has 0 atom stereocenters. The van der Waals surface area contributed by atoms with Gasteiger partial charge in [0, 0.05) is 12.6 Å².